The monoisotopic (exact) mass is 371 g/mol. The van der Waals surface area contributed by atoms with Crippen molar-refractivity contribution in [2.45, 2.75) is 80.1 Å². The Morgan fingerprint density at radius 2 is 1.33 bits per heavy atom. The van der Waals surface area contributed by atoms with E-state index >= 15 is 0 Å². The minimum atomic E-state index is 0.223. The van der Waals surface area contributed by atoms with Crippen molar-refractivity contribution >= 4 is 0 Å². The molecule has 0 fully saturated rings. The summed E-state index contributed by atoms with van der Waals surface area (Å²) in [5.74, 6) is 0. The first-order valence-corrected chi connectivity index (χ1v) is 9.62. The Morgan fingerprint density at radius 1 is 0.852 bits per heavy atom. The van der Waals surface area contributed by atoms with Crippen LogP contribution in [0.1, 0.15) is 79.1 Å². The van der Waals surface area contributed by atoms with Crippen LogP contribution in [0.4, 0.5) is 0 Å². The summed E-state index contributed by atoms with van der Waals surface area (Å²) < 4.78 is 1.83. The average Bonchev–Trinajstić information content (AvgIpc) is 2.94. The highest BCUT2D eigenvalue weighted by Gasteiger charge is 2.14. The summed E-state index contributed by atoms with van der Waals surface area (Å²) in [4.78, 5) is 4.25. The van der Waals surface area contributed by atoms with Crippen molar-refractivity contribution < 1.29 is 0 Å². The SMILES string of the molecule is C=CC(C)(C)C.Cc1ccc(C(C)(C)C)cn1.Cn1cc(C(C)(C)C)cn1. The molecule has 2 rings (SSSR count). The minimum absolute atomic E-state index is 0.223. The topological polar surface area (TPSA) is 30.7 Å². The second kappa shape index (κ2) is 9.87. The van der Waals surface area contributed by atoms with Gasteiger partial charge in [-0.05, 0) is 40.4 Å². The lowest BCUT2D eigenvalue weighted by atomic mass is 9.88. The normalized spacial score (nSPS) is 11.7. The van der Waals surface area contributed by atoms with Gasteiger partial charge in [-0.2, -0.15) is 5.10 Å². The number of hydrogen-bond acceptors (Lipinski definition) is 2. The van der Waals surface area contributed by atoms with E-state index in [4.69, 9.17) is 0 Å². The number of aryl methyl sites for hydroxylation is 2. The highest BCUT2D eigenvalue weighted by molar-refractivity contribution is 5.20. The lowest BCUT2D eigenvalue weighted by Gasteiger charge is -2.17. The van der Waals surface area contributed by atoms with Crippen LogP contribution in [-0.4, -0.2) is 14.8 Å². The van der Waals surface area contributed by atoms with Crippen molar-refractivity contribution in [3.63, 3.8) is 0 Å². The van der Waals surface area contributed by atoms with Crippen molar-refractivity contribution in [2.75, 3.05) is 0 Å². The van der Waals surface area contributed by atoms with Crippen molar-refractivity contribution in [3.8, 4) is 0 Å². The summed E-state index contributed by atoms with van der Waals surface area (Å²) in [6, 6.07) is 4.20. The van der Waals surface area contributed by atoms with Crippen LogP contribution in [0.15, 0.2) is 43.4 Å². The molecule has 0 aliphatic rings. The fourth-order valence-corrected chi connectivity index (χ4v) is 1.72. The molecule has 0 radical (unpaired) electrons. The highest BCUT2D eigenvalue weighted by Crippen LogP contribution is 2.21. The van der Waals surface area contributed by atoms with Crippen LogP contribution in [0.2, 0.25) is 0 Å². The standard InChI is InChI=1S/C10H15N.C8H14N2.C6H12/c1-8-5-6-9(7-11-8)10(2,3)4;1-8(2,3)7-5-9-10(4)6-7;1-5-6(2,3)4/h5-7H,1-4H3;5-6H,1-4H3;5H,1H2,2-4H3. The molecule has 0 atom stereocenters. The van der Waals surface area contributed by atoms with Gasteiger partial charge >= 0.3 is 0 Å². The summed E-state index contributed by atoms with van der Waals surface area (Å²) in [6.45, 7) is 25.1. The Balaban J connectivity index is 0.000000394. The van der Waals surface area contributed by atoms with Gasteiger partial charge in [-0.1, -0.05) is 74.5 Å². The quantitative estimate of drug-likeness (QED) is 0.487. The molecule has 0 amide bonds. The Bertz CT molecular complexity index is 672. The predicted molar refractivity (Wildman–Crippen MR) is 119 cm³/mol. The number of pyridine rings is 1. The smallest absolute Gasteiger partial charge is 0.0526 e. The summed E-state index contributed by atoms with van der Waals surface area (Å²) in [6.07, 6.45) is 7.86. The van der Waals surface area contributed by atoms with Gasteiger partial charge < -0.3 is 0 Å². The van der Waals surface area contributed by atoms with Crippen LogP contribution in [0.25, 0.3) is 0 Å². The third kappa shape index (κ3) is 11.4. The zero-order valence-electron chi connectivity index (χ0n) is 19.5. The molecule has 2 aromatic rings. The largest absolute Gasteiger partial charge is 0.276 e. The fraction of sp³-hybridized carbons (Fsp3) is 0.583. The van der Waals surface area contributed by atoms with Crippen LogP contribution < -0.4 is 0 Å². The Morgan fingerprint density at radius 3 is 1.56 bits per heavy atom. The molecule has 0 aromatic carbocycles. The number of allylic oxidation sites excluding steroid dienone is 1. The van der Waals surface area contributed by atoms with Gasteiger partial charge in [0.2, 0.25) is 0 Å². The molecule has 2 heterocycles. The molecule has 0 saturated heterocycles. The van der Waals surface area contributed by atoms with Crippen molar-refractivity contribution in [3.05, 3.63) is 60.2 Å². The maximum Gasteiger partial charge on any atom is 0.0526 e. The van der Waals surface area contributed by atoms with Crippen LogP contribution in [-0.2, 0) is 17.9 Å². The molecule has 152 valence electrons. The molecule has 27 heavy (non-hydrogen) atoms. The molecule has 3 nitrogen and oxygen atoms in total. The molecule has 0 unspecified atom stereocenters. The zero-order valence-corrected chi connectivity index (χ0v) is 19.5. The molecular formula is C24H41N3. The van der Waals surface area contributed by atoms with E-state index in [1.54, 1.807) is 0 Å². The van der Waals surface area contributed by atoms with E-state index < -0.39 is 0 Å². The van der Waals surface area contributed by atoms with Crippen LogP contribution in [0.3, 0.4) is 0 Å². The zero-order chi connectivity index (χ0) is 21.5. The fourth-order valence-electron chi connectivity index (χ4n) is 1.72. The molecule has 0 saturated carbocycles. The van der Waals surface area contributed by atoms with Crippen molar-refractivity contribution in [2.24, 2.45) is 12.5 Å². The second-order valence-electron chi connectivity index (χ2n) is 10.2. The number of hydrogen-bond donors (Lipinski definition) is 0. The van der Waals surface area contributed by atoms with Gasteiger partial charge in [-0.25, -0.2) is 0 Å². The first-order valence-electron chi connectivity index (χ1n) is 9.62. The lowest BCUT2D eigenvalue weighted by molar-refractivity contribution is 0.546. The van der Waals surface area contributed by atoms with Crippen molar-refractivity contribution in [1.82, 2.24) is 14.8 Å². The van der Waals surface area contributed by atoms with Crippen LogP contribution in [0, 0.1) is 12.3 Å². The molecule has 2 aromatic heterocycles. The molecule has 0 aliphatic heterocycles. The molecule has 0 bridgehead atoms. The molecule has 0 aliphatic carbocycles. The number of rotatable bonds is 0. The van der Waals surface area contributed by atoms with Gasteiger partial charge in [0.15, 0.2) is 0 Å². The lowest BCUT2D eigenvalue weighted by Crippen LogP contribution is -2.11. The summed E-state index contributed by atoms with van der Waals surface area (Å²) in [5, 5.41) is 4.10. The number of nitrogens with zero attached hydrogens (tertiary/aromatic N) is 3. The minimum Gasteiger partial charge on any atom is -0.276 e. The first-order chi connectivity index (χ1) is 12.1. The Kier molecular flexibility index (Phi) is 9.17. The van der Waals surface area contributed by atoms with Crippen LogP contribution in [0.5, 0.6) is 0 Å². The van der Waals surface area contributed by atoms with Gasteiger partial charge in [0, 0.05) is 25.1 Å². The van der Waals surface area contributed by atoms with E-state index in [0.29, 0.717) is 5.41 Å². The summed E-state index contributed by atoms with van der Waals surface area (Å²) in [7, 11) is 1.94. The molecule has 0 spiro atoms. The van der Waals surface area contributed by atoms with Gasteiger partial charge in [0.25, 0.3) is 0 Å². The average molecular weight is 372 g/mol. The maximum atomic E-state index is 4.25. The van der Waals surface area contributed by atoms with Crippen molar-refractivity contribution in [1.29, 1.82) is 0 Å². The van der Waals surface area contributed by atoms with Gasteiger partial charge in [0.1, 0.15) is 0 Å². The highest BCUT2D eigenvalue weighted by atomic mass is 15.2. The molecule has 3 heteroatoms. The first kappa shape index (κ1) is 25.1. The van der Waals surface area contributed by atoms with E-state index in [9.17, 15) is 0 Å². The van der Waals surface area contributed by atoms with E-state index in [0.717, 1.165) is 5.69 Å². The Labute approximate surface area is 167 Å². The second-order valence-corrected chi connectivity index (χ2v) is 10.2. The summed E-state index contributed by atoms with van der Waals surface area (Å²) in [5.41, 5.74) is 4.42. The van der Waals surface area contributed by atoms with E-state index in [-0.39, 0.29) is 10.8 Å². The van der Waals surface area contributed by atoms with Gasteiger partial charge in [-0.15, -0.1) is 6.58 Å². The third-order valence-corrected chi connectivity index (χ3v) is 3.96. The van der Waals surface area contributed by atoms with E-state index in [1.807, 2.05) is 37.1 Å². The maximum absolute atomic E-state index is 4.25. The predicted octanol–water partition coefficient (Wildman–Crippen LogP) is 6.62. The van der Waals surface area contributed by atoms with E-state index in [2.05, 4.69) is 97.3 Å². The third-order valence-electron chi connectivity index (χ3n) is 3.96. The molecule has 0 N–H and O–H groups in total. The Hall–Kier alpha value is -1.90. The van der Waals surface area contributed by atoms with Gasteiger partial charge in [0.05, 0.1) is 6.20 Å². The number of aromatic nitrogens is 3. The van der Waals surface area contributed by atoms with Gasteiger partial charge in [-0.3, -0.25) is 9.67 Å². The molecular weight excluding hydrogens is 330 g/mol. The summed E-state index contributed by atoms with van der Waals surface area (Å²) >= 11 is 0. The van der Waals surface area contributed by atoms with Crippen LogP contribution >= 0.6 is 0 Å². The van der Waals surface area contributed by atoms with E-state index in [1.165, 1.54) is 11.1 Å².